The summed E-state index contributed by atoms with van der Waals surface area (Å²) in [7, 11) is 0. The molecule has 60 valence electrons. The molecule has 4 heteroatoms. The molecule has 13 heavy (non-hydrogen) atoms. The molecule has 0 saturated carbocycles. The van der Waals surface area contributed by atoms with Crippen molar-refractivity contribution in [3.05, 3.63) is 51.0 Å². The molecule has 0 amide bonds. The van der Waals surface area contributed by atoms with Crippen molar-refractivity contribution in [1.82, 2.24) is 0 Å². The first-order valence-electron chi connectivity index (χ1n) is 3.47. The minimum atomic E-state index is -0.598. The van der Waals surface area contributed by atoms with E-state index in [1.165, 1.54) is 0 Å². The molecule has 2 rings (SSSR count). The van der Waals surface area contributed by atoms with Gasteiger partial charge < -0.3 is 9.21 Å². The summed E-state index contributed by atoms with van der Waals surface area (Å²) in [6, 6.07) is 7.61. The van der Waals surface area contributed by atoms with Gasteiger partial charge in [-0.2, -0.15) is 0 Å². The predicted octanol–water partition coefficient (Wildman–Crippen LogP) is -2.12. The molecular formula is C9H5NaO3. The van der Waals surface area contributed by atoms with E-state index in [0.717, 1.165) is 6.07 Å². The quantitative estimate of drug-likeness (QED) is 0.267. The number of hydrogen-bond donors (Lipinski definition) is 0. The monoisotopic (exact) mass is 184 g/mol. The van der Waals surface area contributed by atoms with Crippen molar-refractivity contribution < 1.29 is 34.0 Å². The summed E-state index contributed by atoms with van der Waals surface area (Å²) < 4.78 is 4.79. The summed E-state index contributed by atoms with van der Waals surface area (Å²) in [4.78, 5) is 21.9. The van der Waals surface area contributed by atoms with Crippen molar-refractivity contribution in [3.8, 4) is 0 Å². The molecule has 0 spiro atoms. The molecule has 0 aliphatic carbocycles. The summed E-state index contributed by atoms with van der Waals surface area (Å²) in [5.41, 5.74) is -0.546. The molecule has 0 N–H and O–H groups in total. The maximum Gasteiger partial charge on any atom is 1.00 e. The molecule has 0 unspecified atom stereocenters. The van der Waals surface area contributed by atoms with E-state index < -0.39 is 5.63 Å². The van der Waals surface area contributed by atoms with Gasteiger partial charge in [-0.05, 0) is 6.07 Å². The SMILES string of the molecule is O=c1[cH-]c(=O)c2ccccc2o1.[Na+]. The molecule has 1 aromatic heterocycles. The van der Waals surface area contributed by atoms with E-state index in [1.54, 1.807) is 24.3 Å². The first-order chi connectivity index (χ1) is 5.77. The first-order valence-corrected chi connectivity index (χ1v) is 3.47. The van der Waals surface area contributed by atoms with Gasteiger partial charge in [-0.3, -0.25) is 4.79 Å². The van der Waals surface area contributed by atoms with Gasteiger partial charge in [0.1, 0.15) is 0 Å². The maximum absolute atomic E-state index is 11.1. The smallest absolute Gasteiger partial charge is 0.456 e. The van der Waals surface area contributed by atoms with E-state index in [0.29, 0.717) is 11.0 Å². The van der Waals surface area contributed by atoms with Crippen LogP contribution >= 0.6 is 0 Å². The van der Waals surface area contributed by atoms with Crippen LogP contribution in [0.1, 0.15) is 0 Å². The van der Waals surface area contributed by atoms with Crippen LogP contribution in [-0.4, -0.2) is 0 Å². The Morgan fingerprint density at radius 1 is 1.15 bits per heavy atom. The van der Waals surface area contributed by atoms with Crippen LogP contribution in [0.5, 0.6) is 0 Å². The molecule has 3 nitrogen and oxygen atoms in total. The molecule has 0 radical (unpaired) electrons. The fraction of sp³-hybridized carbons (Fsp3) is 0. The van der Waals surface area contributed by atoms with Gasteiger partial charge in [0.05, 0.1) is 5.58 Å². The van der Waals surface area contributed by atoms with Crippen LogP contribution in [0.25, 0.3) is 11.0 Å². The third-order valence-electron chi connectivity index (χ3n) is 1.61. The van der Waals surface area contributed by atoms with Crippen LogP contribution in [-0.2, 0) is 0 Å². The Morgan fingerprint density at radius 3 is 2.62 bits per heavy atom. The van der Waals surface area contributed by atoms with Gasteiger partial charge in [0.15, 0.2) is 0 Å². The molecule has 0 aliphatic heterocycles. The van der Waals surface area contributed by atoms with Crippen LogP contribution in [0.15, 0.2) is 44.3 Å². The van der Waals surface area contributed by atoms with E-state index in [4.69, 9.17) is 4.42 Å². The van der Waals surface area contributed by atoms with Crippen LogP contribution in [0.3, 0.4) is 0 Å². The fourth-order valence-electron chi connectivity index (χ4n) is 1.08. The van der Waals surface area contributed by atoms with Crippen LogP contribution in [0, 0.1) is 0 Å². The second-order valence-corrected chi connectivity index (χ2v) is 2.43. The van der Waals surface area contributed by atoms with Gasteiger partial charge >= 0.3 is 29.6 Å². The predicted molar refractivity (Wildman–Crippen MR) is 44.3 cm³/mol. The summed E-state index contributed by atoms with van der Waals surface area (Å²) >= 11 is 0. The third kappa shape index (κ3) is 1.94. The Balaban J connectivity index is 0.000000845. The van der Waals surface area contributed by atoms with E-state index >= 15 is 0 Å². The Hall–Kier alpha value is -0.770. The minimum Gasteiger partial charge on any atom is -0.456 e. The molecule has 0 saturated heterocycles. The zero-order valence-corrected chi connectivity index (χ0v) is 9.11. The summed E-state index contributed by atoms with van der Waals surface area (Å²) in [6.07, 6.45) is 0. The van der Waals surface area contributed by atoms with E-state index in [1.807, 2.05) is 0 Å². The van der Waals surface area contributed by atoms with Gasteiger partial charge in [0.2, 0.25) is 0 Å². The van der Waals surface area contributed by atoms with Crippen molar-refractivity contribution in [3.63, 3.8) is 0 Å². The van der Waals surface area contributed by atoms with E-state index in [-0.39, 0.29) is 35.0 Å². The molecule has 2 aromatic rings. The average Bonchev–Trinajstić information content (AvgIpc) is 2.04. The van der Waals surface area contributed by atoms with Crippen molar-refractivity contribution in [2.24, 2.45) is 0 Å². The van der Waals surface area contributed by atoms with Crippen molar-refractivity contribution in [2.75, 3.05) is 0 Å². The molecule has 0 aliphatic rings. The largest absolute Gasteiger partial charge is 1.00 e. The van der Waals surface area contributed by atoms with Crippen molar-refractivity contribution in [1.29, 1.82) is 0 Å². The number of benzene rings is 1. The standard InChI is InChI=1S/C9H5O3.Na/c10-7-5-9(11)12-8-4-2-1-3-6(7)8;/h1-5H;/q-1;+1. The topological polar surface area (TPSA) is 47.3 Å². The van der Waals surface area contributed by atoms with Gasteiger partial charge in [0.25, 0.3) is 5.63 Å². The van der Waals surface area contributed by atoms with Crippen molar-refractivity contribution >= 4 is 11.0 Å². The van der Waals surface area contributed by atoms with Crippen LogP contribution in [0.2, 0.25) is 0 Å². The fourth-order valence-corrected chi connectivity index (χ4v) is 1.08. The Morgan fingerprint density at radius 2 is 1.85 bits per heavy atom. The van der Waals surface area contributed by atoms with Gasteiger partial charge in [-0.25, -0.2) is 0 Å². The average molecular weight is 184 g/mol. The Bertz CT molecular complexity index is 524. The molecule has 0 fully saturated rings. The number of hydrogen-bond acceptors (Lipinski definition) is 3. The molecule has 1 aromatic carbocycles. The third-order valence-corrected chi connectivity index (χ3v) is 1.61. The summed E-state index contributed by atoms with van der Waals surface area (Å²) in [5.74, 6) is 0. The number of rotatable bonds is 0. The molecule has 0 bridgehead atoms. The normalized spacial score (nSPS) is 9.54. The Labute approximate surface area is 95.7 Å². The second kappa shape index (κ2) is 3.96. The van der Waals surface area contributed by atoms with Crippen molar-refractivity contribution in [2.45, 2.75) is 0 Å². The summed E-state index contributed by atoms with van der Waals surface area (Å²) in [5, 5.41) is 0.442. The van der Waals surface area contributed by atoms with Gasteiger partial charge in [-0.1, -0.05) is 23.6 Å². The maximum atomic E-state index is 11.1. The van der Waals surface area contributed by atoms with Gasteiger partial charge in [0, 0.05) is 5.43 Å². The Kier molecular flexibility index (Phi) is 3.14. The minimum absolute atomic E-state index is 0. The molecule has 0 atom stereocenters. The second-order valence-electron chi connectivity index (χ2n) is 2.43. The molecule has 1 heterocycles. The number of para-hydroxylation sites is 1. The summed E-state index contributed by atoms with van der Waals surface area (Å²) in [6.45, 7) is 0. The molecular weight excluding hydrogens is 179 g/mol. The van der Waals surface area contributed by atoms with Crippen LogP contribution in [0.4, 0.5) is 0 Å². The first kappa shape index (κ1) is 10.3. The van der Waals surface area contributed by atoms with E-state index in [9.17, 15) is 9.59 Å². The van der Waals surface area contributed by atoms with E-state index in [2.05, 4.69) is 0 Å². The van der Waals surface area contributed by atoms with Gasteiger partial charge in [-0.15, -0.1) is 6.07 Å². The van der Waals surface area contributed by atoms with Crippen LogP contribution < -0.4 is 40.6 Å². The zero-order chi connectivity index (χ0) is 8.55. The number of fused-ring (bicyclic) bond motifs is 1. The zero-order valence-electron chi connectivity index (χ0n) is 7.11.